The van der Waals surface area contributed by atoms with Gasteiger partial charge in [-0.15, -0.1) is 22.7 Å². The SMILES string of the molecule is CCc1nc(C)c(-c2csc(Nc3ccc(CN4CCOCC4F)cn3)n2)s1.CF.CF. The van der Waals surface area contributed by atoms with Crippen molar-refractivity contribution in [2.45, 2.75) is 33.1 Å². The second kappa shape index (κ2) is 13.5. The molecular formula is C21H28F3N5OS2. The summed E-state index contributed by atoms with van der Waals surface area (Å²) in [5.74, 6) is 0.721. The van der Waals surface area contributed by atoms with Crippen molar-refractivity contribution in [3.05, 3.63) is 40.0 Å². The van der Waals surface area contributed by atoms with Crippen molar-refractivity contribution in [2.24, 2.45) is 0 Å². The lowest BCUT2D eigenvalue weighted by atomic mass is 10.2. The van der Waals surface area contributed by atoms with Crippen molar-refractivity contribution in [3.63, 3.8) is 0 Å². The van der Waals surface area contributed by atoms with E-state index in [9.17, 15) is 13.2 Å². The van der Waals surface area contributed by atoms with Crippen LogP contribution in [0.3, 0.4) is 0 Å². The summed E-state index contributed by atoms with van der Waals surface area (Å²) in [6.07, 6.45) is 1.66. The molecule has 32 heavy (non-hydrogen) atoms. The van der Waals surface area contributed by atoms with Gasteiger partial charge in [-0.25, -0.2) is 19.3 Å². The van der Waals surface area contributed by atoms with Crippen LogP contribution in [0.25, 0.3) is 10.6 Å². The first kappa shape index (κ1) is 26.2. The van der Waals surface area contributed by atoms with Crippen LogP contribution < -0.4 is 5.32 Å². The predicted molar refractivity (Wildman–Crippen MR) is 125 cm³/mol. The molecule has 176 valence electrons. The van der Waals surface area contributed by atoms with E-state index in [2.05, 4.69) is 27.2 Å². The van der Waals surface area contributed by atoms with Crippen molar-refractivity contribution in [3.8, 4) is 10.6 Å². The van der Waals surface area contributed by atoms with Gasteiger partial charge in [-0.2, -0.15) is 0 Å². The summed E-state index contributed by atoms with van der Waals surface area (Å²) in [6.45, 7) is 5.97. The van der Waals surface area contributed by atoms with Gasteiger partial charge in [0.1, 0.15) is 5.82 Å². The Hall–Kier alpha value is -2.08. The lowest BCUT2D eigenvalue weighted by Crippen LogP contribution is -2.42. The molecule has 11 heteroatoms. The Bertz CT molecular complexity index is 936. The molecule has 0 bridgehead atoms. The molecule has 0 spiro atoms. The number of hydrogen-bond acceptors (Lipinski definition) is 8. The number of anilines is 2. The fourth-order valence-corrected chi connectivity index (χ4v) is 4.75. The van der Waals surface area contributed by atoms with E-state index in [-0.39, 0.29) is 6.61 Å². The first-order valence-corrected chi connectivity index (χ1v) is 11.7. The third kappa shape index (κ3) is 6.96. The number of pyridine rings is 1. The van der Waals surface area contributed by atoms with Crippen molar-refractivity contribution in [1.29, 1.82) is 0 Å². The minimum atomic E-state index is -1.05. The van der Waals surface area contributed by atoms with Crippen LogP contribution in [-0.2, 0) is 17.7 Å². The monoisotopic (exact) mass is 487 g/mol. The number of ether oxygens (including phenoxy) is 1. The molecule has 1 N–H and O–H groups in total. The standard InChI is InChI=1S/C19H22FN5OS2.2CH3F/c1-3-17-22-12(2)18(28-17)14-11-27-19(23-14)24-16-5-4-13(8-21-16)9-25-6-7-26-10-15(25)20;2*1-2/h4-5,8,11,15H,3,6-7,9-10H2,1-2H3,(H,21,23,24);2*1H3. The van der Waals surface area contributed by atoms with Crippen molar-refractivity contribution >= 4 is 33.6 Å². The highest BCUT2D eigenvalue weighted by Crippen LogP contribution is 2.33. The van der Waals surface area contributed by atoms with Gasteiger partial charge in [0.15, 0.2) is 11.4 Å². The van der Waals surface area contributed by atoms with Gasteiger partial charge in [-0.05, 0) is 25.0 Å². The van der Waals surface area contributed by atoms with E-state index >= 15 is 0 Å². The third-order valence-corrected chi connectivity index (χ3v) is 6.58. The number of nitrogens with one attached hydrogen (secondary N) is 1. The number of halogens is 3. The molecule has 1 aliphatic heterocycles. The van der Waals surface area contributed by atoms with E-state index < -0.39 is 6.30 Å². The van der Waals surface area contributed by atoms with Gasteiger partial charge in [0, 0.05) is 24.7 Å². The molecule has 3 aromatic rings. The van der Waals surface area contributed by atoms with E-state index in [0.717, 1.165) is 44.2 Å². The maximum Gasteiger partial charge on any atom is 0.188 e. The zero-order valence-electron chi connectivity index (χ0n) is 18.6. The Morgan fingerprint density at radius 2 is 2.00 bits per heavy atom. The highest BCUT2D eigenvalue weighted by atomic mass is 32.1. The maximum absolute atomic E-state index is 13.9. The smallest absolute Gasteiger partial charge is 0.188 e. The van der Waals surface area contributed by atoms with Crippen LogP contribution in [0.15, 0.2) is 23.7 Å². The zero-order valence-corrected chi connectivity index (χ0v) is 20.2. The average molecular weight is 488 g/mol. The highest BCUT2D eigenvalue weighted by Gasteiger charge is 2.22. The number of nitrogens with zero attached hydrogens (tertiary/aromatic N) is 4. The topological polar surface area (TPSA) is 63.2 Å². The summed E-state index contributed by atoms with van der Waals surface area (Å²) in [4.78, 5) is 16.6. The number of alkyl halides is 3. The Kier molecular flexibility index (Phi) is 11.0. The second-order valence-electron chi connectivity index (χ2n) is 6.57. The van der Waals surface area contributed by atoms with Gasteiger partial charge in [-0.3, -0.25) is 13.7 Å². The Balaban J connectivity index is 0.000000860. The molecule has 0 amide bonds. The molecule has 0 aliphatic carbocycles. The molecule has 3 aromatic heterocycles. The van der Waals surface area contributed by atoms with Gasteiger partial charge in [0.25, 0.3) is 0 Å². The molecule has 1 atom stereocenters. The molecule has 1 aliphatic rings. The van der Waals surface area contributed by atoms with Crippen LogP contribution in [0.5, 0.6) is 0 Å². The third-order valence-electron chi connectivity index (χ3n) is 4.50. The molecule has 0 aromatic carbocycles. The lowest BCUT2D eigenvalue weighted by Gasteiger charge is -2.30. The van der Waals surface area contributed by atoms with E-state index in [4.69, 9.17) is 4.74 Å². The summed E-state index contributed by atoms with van der Waals surface area (Å²) in [5, 5.41) is 7.20. The Morgan fingerprint density at radius 3 is 2.62 bits per heavy atom. The zero-order chi connectivity index (χ0) is 23.5. The molecule has 1 fully saturated rings. The minimum absolute atomic E-state index is 0.137. The Morgan fingerprint density at radius 1 is 1.22 bits per heavy atom. The first-order valence-electron chi connectivity index (χ1n) is 9.98. The van der Waals surface area contributed by atoms with E-state index in [1.807, 2.05) is 24.4 Å². The predicted octanol–water partition coefficient (Wildman–Crippen LogP) is 5.58. The summed E-state index contributed by atoms with van der Waals surface area (Å²) in [7, 11) is 1.00. The van der Waals surface area contributed by atoms with Crippen molar-refractivity contribution in [2.75, 3.05) is 39.4 Å². The fourth-order valence-electron chi connectivity index (χ4n) is 3.00. The average Bonchev–Trinajstić information content (AvgIpc) is 3.45. The number of hydrogen-bond donors (Lipinski definition) is 1. The molecule has 0 saturated carbocycles. The molecule has 6 nitrogen and oxygen atoms in total. The largest absolute Gasteiger partial charge is 0.376 e. The number of aryl methyl sites for hydroxylation is 2. The quantitative estimate of drug-likeness (QED) is 0.459. The molecule has 0 radical (unpaired) electrons. The van der Waals surface area contributed by atoms with Gasteiger partial charge in [-0.1, -0.05) is 13.0 Å². The van der Waals surface area contributed by atoms with Crippen molar-refractivity contribution in [1.82, 2.24) is 19.9 Å². The summed E-state index contributed by atoms with van der Waals surface area (Å²) < 4.78 is 38.0. The van der Waals surface area contributed by atoms with Crippen LogP contribution in [-0.4, -0.2) is 60.3 Å². The van der Waals surface area contributed by atoms with Crippen LogP contribution >= 0.6 is 22.7 Å². The summed E-state index contributed by atoms with van der Waals surface area (Å²) in [6, 6.07) is 3.87. The number of thiazole rings is 2. The van der Waals surface area contributed by atoms with Crippen LogP contribution in [0.1, 0.15) is 23.2 Å². The van der Waals surface area contributed by atoms with E-state index in [0.29, 0.717) is 34.1 Å². The van der Waals surface area contributed by atoms with Crippen LogP contribution in [0.4, 0.5) is 24.1 Å². The highest BCUT2D eigenvalue weighted by molar-refractivity contribution is 7.16. The Labute approximate surface area is 194 Å². The van der Waals surface area contributed by atoms with Crippen molar-refractivity contribution < 1.29 is 17.9 Å². The van der Waals surface area contributed by atoms with E-state index in [1.54, 1.807) is 33.8 Å². The summed E-state index contributed by atoms with van der Waals surface area (Å²) in [5.41, 5.74) is 2.94. The fraction of sp³-hybridized carbons (Fsp3) is 0.476. The normalized spacial score (nSPS) is 15.9. The minimum Gasteiger partial charge on any atom is -0.376 e. The molecule has 1 unspecified atom stereocenters. The maximum atomic E-state index is 13.9. The van der Waals surface area contributed by atoms with E-state index in [1.165, 1.54) is 0 Å². The van der Waals surface area contributed by atoms with Gasteiger partial charge in [0.2, 0.25) is 0 Å². The number of rotatable bonds is 6. The number of aromatic nitrogens is 3. The molecule has 1 saturated heterocycles. The molecule has 4 heterocycles. The van der Waals surface area contributed by atoms with Crippen LogP contribution in [0, 0.1) is 6.92 Å². The van der Waals surface area contributed by atoms with Gasteiger partial charge in [0.05, 0.1) is 48.8 Å². The number of morpholine rings is 1. The first-order chi connectivity index (χ1) is 15.6. The molecule has 4 rings (SSSR count). The van der Waals surface area contributed by atoms with Gasteiger partial charge >= 0.3 is 0 Å². The second-order valence-corrected chi connectivity index (χ2v) is 8.51. The van der Waals surface area contributed by atoms with Crippen LogP contribution in [0.2, 0.25) is 0 Å². The van der Waals surface area contributed by atoms with Gasteiger partial charge < -0.3 is 10.1 Å². The lowest BCUT2D eigenvalue weighted by molar-refractivity contribution is -0.0668. The molecular weight excluding hydrogens is 459 g/mol. The summed E-state index contributed by atoms with van der Waals surface area (Å²) >= 11 is 3.24.